The summed E-state index contributed by atoms with van der Waals surface area (Å²) in [5, 5.41) is 7.64. The van der Waals surface area contributed by atoms with Gasteiger partial charge in [0.25, 0.3) is 0 Å². The summed E-state index contributed by atoms with van der Waals surface area (Å²) in [5.41, 5.74) is 2.32. The Balaban J connectivity index is 2.12. The SMILES string of the molecule is CCOC(=O)COCCNCc1cn(C)nc1CC. The van der Waals surface area contributed by atoms with E-state index in [2.05, 4.69) is 17.3 Å². The lowest BCUT2D eigenvalue weighted by molar-refractivity contribution is -0.148. The van der Waals surface area contributed by atoms with Crippen LogP contribution in [0.3, 0.4) is 0 Å². The zero-order valence-corrected chi connectivity index (χ0v) is 11.9. The quantitative estimate of drug-likeness (QED) is 0.527. The van der Waals surface area contributed by atoms with E-state index in [0.717, 1.165) is 18.7 Å². The van der Waals surface area contributed by atoms with Gasteiger partial charge < -0.3 is 14.8 Å². The molecule has 0 radical (unpaired) electrons. The highest BCUT2D eigenvalue weighted by Gasteiger charge is 2.05. The van der Waals surface area contributed by atoms with E-state index in [1.807, 2.05) is 17.9 Å². The van der Waals surface area contributed by atoms with Crippen LogP contribution in [0.2, 0.25) is 0 Å². The Morgan fingerprint density at radius 3 is 2.95 bits per heavy atom. The number of ether oxygens (including phenoxy) is 2. The van der Waals surface area contributed by atoms with Crippen molar-refractivity contribution in [2.24, 2.45) is 7.05 Å². The highest BCUT2D eigenvalue weighted by atomic mass is 16.6. The number of aromatic nitrogens is 2. The Labute approximate surface area is 114 Å². The number of carbonyl (C=O) groups is 1. The first kappa shape index (κ1) is 15.7. The van der Waals surface area contributed by atoms with Crippen molar-refractivity contribution in [1.29, 1.82) is 0 Å². The third-order valence-corrected chi connectivity index (χ3v) is 2.59. The van der Waals surface area contributed by atoms with E-state index >= 15 is 0 Å². The van der Waals surface area contributed by atoms with Gasteiger partial charge in [0.1, 0.15) is 6.61 Å². The standard InChI is InChI=1S/C13H23N3O3/c1-4-12-11(9-16(3)15-12)8-14-6-7-18-10-13(17)19-5-2/h9,14H,4-8,10H2,1-3H3. The second kappa shape index (κ2) is 8.66. The smallest absolute Gasteiger partial charge is 0.332 e. The molecule has 0 bridgehead atoms. The molecular weight excluding hydrogens is 246 g/mol. The Morgan fingerprint density at radius 1 is 1.47 bits per heavy atom. The predicted molar refractivity (Wildman–Crippen MR) is 71.7 cm³/mol. The van der Waals surface area contributed by atoms with E-state index in [1.165, 1.54) is 5.56 Å². The molecule has 1 N–H and O–H groups in total. The highest BCUT2D eigenvalue weighted by molar-refractivity contribution is 5.70. The maximum Gasteiger partial charge on any atom is 0.332 e. The lowest BCUT2D eigenvalue weighted by Crippen LogP contribution is -2.22. The number of carbonyl (C=O) groups excluding carboxylic acids is 1. The molecule has 0 aliphatic heterocycles. The second-order valence-corrected chi connectivity index (χ2v) is 4.16. The van der Waals surface area contributed by atoms with Gasteiger partial charge in [-0.25, -0.2) is 4.79 Å². The normalized spacial score (nSPS) is 10.7. The summed E-state index contributed by atoms with van der Waals surface area (Å²) in [7, 11) is 1.92. The van der Waals surface area contributed by atoms with Gasteiger partial charge in [0.05, 0.1) is 18.9 Å². The molecule has 0 aliphatic carbocycles. The van der Waals surface area contributed by atoms with E-state index in [0.29, 0.717) is 19.8 Å². The monoisotopic (exact) mass is 269 g/mol. The van der Waals surface area contributed by atoms with Gasteiger partial charge in [-0.05, 0) is 13.3 Å². The Kier molecular flexibility index (Phi) is 7.14. The van der Waals surface area contributed by atoms with E-state index in [-0.39, 0.29) is 12.6 Å². The van der Waals surface area contributed by atoms with Crippen molar-refractivity contribution in [3.8, 4) is 0 Å². The topological polar surface area (TPSA) is 65.4 Å². The molecule has 1 aromatic heterocycles. The fourth-order valence-electron chi connectivity index (χ4n) is 1.75. The maximum absolute atomic E-state index is 11.0. The van der Waals surface area contributed by atoms with E-state index in [4.69, 9.17) is 9.47 Å². The van der Waals surface area contributed by atoms with Crippen molar-refractivity contribution in [2.75, 3.05) is 26.4 Å². The highest BCUT2D eigenvalue weighted by Crippen LogP contribution is 2.06. The third kappa shape index (κ3) is 5.85. The van der Waals surface area contributed by atoms with E-state index < -0.39 is 0 Å². The number of nitrogens with one attached hydrogen (secondary N) is 1. The fourth-order valence-corrected chi connectivity index (χ4v) is 1.75. The molecule has 1 rings (SSSR count). The van der Waals surface area contributed by atoms with Crippen LogP contribution in [0.1, 0.15) is 25.1 Å². The molecule has 19 heavy (non-hydrogen) atoms. The molecule has 1 heterocycles. The molecule has 0 aromatic carbocycles. The van der Waals surface area contributed by atoms with Gasteiger partial charge in [0, 0.05) is 31.9 Å². The average molecular weight is 269 g/mol. The predicted octanol–water partition coefficient (Wildman–Crippen LogP) is 0.652. The Bertz CT molecular complexity index is 390. The number of hydrogen-bond donors (Lipinski definition) is 1. The lowest BCUT2D eigenvalue weighted by Gasteiger charge is -2.05. The number of nitrogens with zero attached hydrogens (tertiary/aromatic N) is 2. The summed E-state index contributed by atoms with van der Waals surface area (Å²) in [6.45, 7) is 6.22. The van der Waals surface area contributed by atoms with E-state index in [9.17, 15) is 4.79 Å². The summed E-state index contributed by atoms with van der Waals surface area (Å²) >= 11 is 0. The lowest BCUT2D eigenvalue weighted by atomic mass is 10.2. The number of esters is 1. The molecule has 0 aliphatic rings. The molecule has 0 spiro atoms. The summed E-state index contributed by atoms with van der Waals surface area (Å²) in [5.74, 6) is -0.317. The summed E-state index contributed by atoms with van der Waals surface area (Å²) < 4.78 is 11.8. The van der Waals surface area contributed by atoms with Crippen LogP contribution in [0.5, 0.6) is 0 Å². The minimum atomic E-state index is -0.317. The van der Waals surface area contributed by atoms with E-state index in [1.54, 1.807) is 6.92 Å². The molecule has 0 fully saturated rings. The van der Waals surface area contributed by atoms with Crippen LogP contribution in [0.25, 0.3) is 0 Å². The molecule has 0 atom stereocenters. The van der Waals surface area contributed by atoms with Gasteiger partial charge >= 0.3 is 5.97 Å². The van der Waals surface area contributed by atoms with Crippen LogP contribution in [0, 0.1) is 0 Å². The molecule has 1 aromatic rings. The molecule has 0 unspecified atom stereocenters. The number of aryl methyl sites for hydroxylation is 2. The van der Waals surface area contributed by atoms with Crippen molar-refractivity contribution in [1.82, 2.24) is 15.1 Å². The van der Waals surface area contributed by atoms with Crippen LogP contribution in [0.4, 0.5) is 0 Å². The third-order valence-electron chi connectivity index (χ3n) is 2.59. The van der Waals surface area contributed by atoms with Gasteiger partial charge in [0.15, 0.2) is 0 Å². The van der Waals surface area contributed by atoms with Crippen LogP contribution in [0.15, 0.2) is 6.20 Å². The minimum Gasteiger partial charge on any atom is -0.464 e. The first-order chi connectivity index (χ1) is 9.17. The van der Waals surface area contributed by atoms with Crippen molar-refractivity contribution in [2.45, 2.75) is 26.8 Å². The first-order valence-corrected chi connectivity index (χ1v) is 6.62. The summed E-state index contributed by atoms with van der Waals surface area (Å²) in [6, 6.07) is 0. The van der Waals surface area contributed by atoms with Crippen LogP contribution in [-0.2, 0) is 34.3 Å². The molecular formula is C13H23N3O3. The maximum atomic E-state index is 11.0. The largest absolute Gasteiger partial charge is 0.464 e. The van der Waals surface area contributed by atoms with Gasteiger partial charge in [-0.15, -0.1) is 0 Å². The van der Waals surface area contributed by atoms with Gasteiger partial charge in [-0.1, -0.05) is 6.92 Å². The second-order valence-electron chi connectivity index (χ2n) is 4.16. The number of hydrogen-bond acceptors (Lipinski definition) is 5. The Hall–Kier alpha value is -1.40. The molecule has 108 valence electrons. The van der Waals surface area contributed by atoms with Crippen molar-refractivity contribution >= 4 is 5.97 Å². The summed E-state index contributed by atoms with van der Waals surface area (Å²) in [4.78, 5) is 11.0. The first-order valence-electron chi connectivity index (χ1n) is 6.62. The van der Waals surface area contributed by atoms with Crippen molar-refractivity contribution in [3.05, 3.63) is 17.5 Å². The summed E-state index contributed by atoms with van der Waals surface area (Å²) in [6.07, 6.45) is 2.95. The molecule has 6 nitrogen and oxygen atoms in total. The van der Waals surface area contributed by atoms with Gasteiger partial charge in [-0.2, -0.15) is 5.10 Å². The Morgan fingerprint density at radius 2 is 2.26 bits per heavy atom. The molecule has 0 saturated heterocycles. The van der Waals surface area contributed by atoms with Crippen molar-refractivity contribution < 1.29 is 14.3 Å². The minimum absolute atomic E-state index is 0.0165. The zero-order valence-electron chi connectivity index (χ0n) is 11.9. The fraction of sp³-hybridized carbons (Fsp3) is 0.692. The number of rotatable bonds is 9. The average Bonchev–Trinajstić information content (AvgIpc) is 2.74. The van der Waals surface area contributed by atoms with Crippen LogP contribution >= 0.6 is 0 Å². The van der Waals surface area contributed by atoms with Gasteiger partial charge in [0.2, 0.25) is 0 Å². The van der Waals surface area contributed by atoms with Crippen molar-refractivity contribution in [3.63, 3.8) is 0 Å². The molecule has 6 heteroatoms. The zero-order chi connectivity index (χ0) is 14.1. The molecule has 0 saturated carbocycles. The van der Waals surface area contributed by atoms with Gasteiger partial charge in [-0.3, -0.25) is 4.68 Å². The van der Waals surface area contributed by atoms with Crippen LogP contribution < -0.4 is 5.32 Å². The van der Waals surface area contributed by atoms with Crippen LogP contribution in [-0.4, -0.2) is 42.1 Å². The molecule has 0 amide bonds.